The fourth-order valence-electron chi connectivity index (χ4n) is 4.22. The Kier molecular flexibility index (Phi) is 4.78. The summed E-state index contributed by atoms with van der Waals surface area (Å²) in [6.45, 7) is 3.59. The summed E-state index contributed by atoms with van der Waals surface area (Å²) in [7, 11) is 0. The maximum absolute atomic E-state index is 9.02. The van der Waals surface area contributed by atoms with Crippen molar-refractivity contribution in [3.8, 4) is 0 Å². The van der Waals surface area contributed by atoms with Gasteiger partial charge in [-0.2, -0.15) is 0 Å². The van der Waals surface area contributed by atoms with Gasteiger partial charge in [0.05, 0.1) is 6.61 Å². The van der Waals surface area contributed by atoms with Gasteiger partial charge in [-0.3, -0.25) is 4.90 Å². The van der Waals surface area contributed by atoms with Gasteiger partial charge in [0.15, 0.2) is 0 Å². The summed E-state index contributed by atoms with van der Waals surface area (Å²) >= 11 is 0. The van der Waals surface area contributed by atoms with Gasteiger partial charge in [0, 0.05) is 31.7 Å². The van der Waals surface area contributed by atoms with Gasteiger partial charge in [0.1, 0.15) is 0 Å². The minimum absolute atomic E-state index is 0.271. The molecule has 0 radical (unpaired) electrons. The Bertz CT molecular complexity index is 274. The minimum atomic E-state index is 0.271. The van der Waals surface area contributed by atoms with E-state index in [0.717, 1.165) is 24.4 Å². The van der Waals surface area contributed by atoms with Crippen molar-refractivity contribution in [3.63, 3.8) is 0 Å². The van der Waals surface area contributed by atoms with E-state index in [1.165, 1.54) is 64.5 Å². The number of piperidine rings is 1. The second-order valence-corrected chi connectivity index (χ2v) is 7.05. The number of aliphatic hydroxyl groups is 1. The molecule has 2 unspecified atom stereocenters. The lowest BCUT2D eigenvalue weighted by Crippen LogP contribution is -2.52. The Morgan fingerprint density at radius 3 is 2.47 bits per heavy atom. The van der Waals surface area contributed by atoms with Crippen LogP contribution in [0.1, 0.15) is 51.4 Å². The van der Waals surface area contributed by atoms with Crippen LogP contribution in [0.25, 0.3) is 0 Å². The summed E-state index contributed by atoms with van der Waals surface area (Å²) in [5.74, 6) is 1.95. The van der Waals surface area contributed by atoms with Gasteiger partial charge in [-0.15, -0.1) is 0 Å². The molecule has 2 aliphatic carbocycles. The maximum atomic E-state index is 9.02. The van der Waals surface area contributed by atoms with Crippen LogP contribution in [0, 0.1) is 11.8 Å². The molecule has 1 heterocycles. The molecule has 1 saturated heterocycles. The highest BCUT2D eigenvalue weighted by molar-refractivity contribution is 4.90. The zero-order chi connectivity index (χ0) is 13.1. The van der Waals surface area contributed by atoms with E-state index < -0.39 is 0 Å². The number of likely N-dealkylation sites (tertiary alicyclic amines) is 1. The van der Waals surface area contributed by atoms with Crippen LogP contribution in [-0.2, 0) is 0 Å². The number of rotatable bonds is 6. The van der Waals surface area contributed by atoms with Crippen molar-refractivity contribution in [1.82, 2.24) is 10.2 Å². The maximum Gasteiger partial charge on any atom is 0.0556 e. The minimum Gasteiger partial charge on any atom is -0.395 e. The van der Waals surface area contributed by atoms with Gasteiger partial charge in [-0.1, -0.05) is 25.7 Å². The summed E-state index contributed by atoms with van der Waals surface area (Å²) in [5.41, 5.74) is 0. The van der Waals surface area contributed by atoms with E-state index in [-0.39, 0.29) is 6.61 Å². The quantitative estimate of drug-likeness (QED) is 0.772. The Morgan fingerprint density at radius 2 is 1.79 bits per heavy atom. The average Bonchev–Trinajstić information content (AvgIpc) is 3.07. The molecular formula is C16H30N2O. The zero-order valence-corrected chi connectivity index (χ0v) is 12.2. The predicted molar refractivity (Wildman–Crippen MR) is 78.2 cm³/mol. The zero-order valence-electron chi connectivity index (χ0n) is 12.2. The van der Waals surface area contributed by atoms with Crippen LogP contribution in [0.3, 0.4) is 0 Å². The van der Waals surface area contributed by atoms with Crippen LogP contribution in [0.4, 0.5) is 0 Å². The van der Waals surface area contributed by atoms with E-state index in [4.69, 9.17) is 5.11 Å². The number of aliphatic hydroxyl groups excluding tert-OH is 1. The third-order valence-electron chi connectivity index (χ3n) is 5.31. The average molecular weight is 266 g/mol. The van der Waals surface area contributed by atoms with Crippen molar-refractivity contribution >= 4 is 0 Å². The first-order valence-corrected chi connectivity index (χ1v) is 8.43. The molecule has 19 heavy (non-hydrogen) atoms. The highest BCUT2D eigenvalue weighted by atomic mass is 16.3. The molecule has 3 heteroatoms. The van der Waals surface area contributed by atoms with E-state index in [1.807, 2.05) is 0 Å². The molecule has 2 saturated carbocycles. The normalized spacial score (nSPS) is 33.9. The Labute approximate surface area is 117 Å². The Balaban J connectivity index is 1.55. The second-order valence-electron chi connectivity index (χ2n) is 7.05. The first-order chi connectivity index (χ1) is 9.35. The fourth-order valence-corrected chi connectivity index (χ4v) is 4.22. The van der Waals surface area contributed by atoms with Crippen molar-refractivity contribution in [2.45, 2.75) is 63.5 Å². The van der Waals surface area contributed by atoms with Crippen LogP contribution in [0.2, 0.25) is 0 Å². The van der Waals surface area contributed by atoms with Gasteiger partial charge in [0.2, 0.25) is 0 Å². The largest absolute Gasteiger partial charge is 0.395 e. The van der Waals surface area contributed by atoms with Gasteiger partial charge >= 0.3 is 0 Å². The Morgan fingerprint density at radius 1 is 1.00 bits per heavy atom. The van der Waals surface area contributed by atoms with Gasteiger partial charge in [0.25, 0.3) is 0 Å². The molecule has 110 valence electrons. The first kappa shape index (κ1) is 13.8. The van der Waals surface area contributed by atoms with Gasteiger partial charge < -0.3 is 10.4 Å². The van der Waals surface area contributed by atoms with Crippen molar-refractivity contribution in [3.05, 3.63) is 0 Å². The van der Waals surface area contributed by atoms with E-state index in [0.29, 0.717) is 6.04 Å². The van der Waals surface area contributed by atoms with Crippen molar-refractivity contribution in [2.24, 2.45) is 11.8 Å². The van der Waals surface area contributed by atoms with Crippen LogP contribution in [0.15, 0.2) is 0 Å². The number of hydrogen-bond acceptors (Lipinski definition) is 3. The van der Waals surface area contributed by atoms with E-state index in [2.05, 4.69) is 10.2 Å². The molecule has 0 bridgehead atoms. The number of hydrogen-bond donors (Lipinski definition) is 2. The number of nitrogens with zero attached hydrogens (tertiary/aromatic N) is 1. The molecule has 1 aliphatic heterocycles. The lowest BCUT2D eigenvalue weighted by Gasteiger charge is -2.41. The van der Waals surface area contributed by atoms with E-state index >= 15 is 0 Å². The summed E-state index contributed by atoms with van der Waals surface area (Å²) in [5, 5.41) is 12.6. The lowest BCUT2D eigenvalue weighted by atomic mass is 9.88. The number of nitrogens with one attached hydrogen (secondary N) is 1. The molecule has 3 fully saturated rings. The van der Waals surface area contributed by atoms with Crippen LogP contribution < -0.4 is 5.32 Å². The second kappa shape index (κ2) is 6.55. The molecule has 0 aromatic heterocycles. The smallest absolute Gasteiger partial charge is 0.0556 e. The standard InChI is InChI=1S/C16H30N2O/c19-8-7-17-15-10-14(9-13-5-6-13)11-18(12-15)16-3-1-2-4-16/h13-17,19H,1-12H2. The molecule has 2 N–H and O–H groups in total. The van der Waals surface area contributed by atoms with Crippen LogP contribution >= 0.6 is 0 Å². The van der Waals surface area contributed by atoms with Crippen LogP contribution in [-0.4, -0.2) is 48.3 Å². The summed E-state index contributed by atoms with van der Waals surface area (Å²) < 4.78 is 0. The summed E-state index contributed by atoms with van der Waals surface area (Å²) in [4.78, 5) is 2.78. The molecule has 2 atom stereocenters. The Hall–Kier alpha value is -0.120. The molecule has 3 rings (SSSR count). The summed E-state index contributed by atoms with van der Waals surface area (Å²) in [6, 6.07) is 1.48. The van der Waals surface area contributed by atoms with Crippen molar-refractivity contribution < 1.29 is 5.11 Å². The fraction of sp³-hybridized carbons (Fsp3) is 1.00. The molecule has 3 aliphatic rings. The first-order valence-electron chi connectivity index (χ1n) is 8.43. The third kappa shape index (κ3) is 3.93. The van der Waals surface area contributed by atoms with Crippen molar-refractivity contribution in [2.75, 3.05) is 26.2 Å². The molecule has 0 amide bonds. The molecular weight excluding hydrogens is 236 g/mol. The molecule has 0 spiro atoms. The van der Waals surface area contributed by atoms with E-state index in [1.54, 1.807) is 0 Å². The van der Waals surface area contributed by atoms with Crippen LogP contribution in [0.5, 0.6) is 0 Å². The van der Waals surface area contributed by atoms with Gasteiger partial charge in [-0.25, -0.2) is 0 Å². The highest BCUT2D eigenvalue weighted by Gasteiger charge is 2.35. The monoisotopic (exact) mass is 266 g/mol. The van der Waals surface area contributed by atoms with E-state index in [9.17, 15) is 0 Å². The topological polar surface area (TPSA) is 35.5 Å². The third-order valence-corrected chi connectivity index (χ3v) is 5.31. The molecule has 0 aromatic rings. The lowest BCUT2D eigenvalue weighted by molar-refractivity contribution is 0.0911. The highest BCUT2D eigenvalue weighted by Crippen LogP contribution is 2.38. The predicted octanol–water partition coefficient (Wildman–Crippen LogP) is 2.00. The summed E-state index contributed by atoms with van der Waals surface area (Å²) in [6.07, 6.45) is 11.5. The van der Waals surface area contributed by atoms with Gasteiger partial charge in [-0.05, 0) is 37.5 Å². The van der Waals surface area contributed by atoms with Crippen molar-refractivity contribution in [1.29, 1.82) is 0 Å². The molecule has 3 nitrogen and oxygen atoms in total. The molecule has 0 aromatic carbocycles. The SMILES string of the molecule is OCCNC1CC(CC2CC2)CN(C2CCCC2)C1.